The van der Waals surface area contributed by atoms with Gasteiger partial charge in [0.25, 0.3) is 5.91 Å². The molecular formula is C11H10N2OS. The van der Waals surface area contributed by atoms with Gasteiger partial charge < -0.3 is 0 Å². The van der Waals surface area contributed by atoms with E-state index >= 15 is 0 Å². The van der Waals surface area contributed by atoms with Crippen molar-refractivity contribution in [1.29, 1.82) is 0 Å². The summed E-state index contributed by atoms with van der Waals surface area (Å²) in [5.74, 6) is 0.473. The topological polar surface area (TPSA) is 41.5 Å². The Morgan fingerprint density at radius 1 is 1.33 bits per heavy atom. The van der Waals surface area contributed by atoms with Crippen LogP contribution in [0.15, 0.2) is 52.5 Å². The first kappa shape index (κ1) is 9.98. The van der Waals surface area contributed by atoms with Gasteiger partial charge in [-0.25, -0.2) is 5.43 Å². The van der Waals surface area contributed by atoms with E-state index in [0.717, 1.165) is 10.6 Å². The Labute approximate surface area is 92.3 Å². The number of carbonyl (C=O) groups excluding carboxylic acids is 1. The lowest BCUT2D eigenvalue weighted by Crippen LogP contribution is -2.12. The highest BCUT2D eigenvalue weighted by molar-refractivity contribution is 8.00. The fourth-order valence-electron chi connectivity index (χ4n) is 1.17. The molecule has 0 aromatic heterocycles. The van der Waals surface area contributed by atoms with Crippen LogP contribution in [0.25, 0.3) is 0 Å². The highest BCUT2D eigenvalue weighted by Crippen LogP contribution is 2.19. The van der Waals surface area contributed by atoms with Crippen LogP contribution in [0.5, 0.6) is 0 Å². The van der Waals surface area contributed by atoms with Gasteiger partial charge in [0.2, 0.25) is 0 Å². The Kier molecular flexibility index (Phi) is 2.87. The van der Waals surface area contributed by atoms with Crippen molar-refractivity contribution in [3.05, 3.63) is 42.5 Å². The van der Waals surface area contributed by atoms with E-state index in [-0.39, 0.29) is 5.91 Å². The second-order valence-corrected chi connectivity index (χ2v) is 4.13. The smallest absolute Gasteiger partial charge is 0.267 e. The molecule has 1 aromatic rings. The molecule has 1 amide bonds. The number of nitrogens with one attached hydrogen (secondary N) is 1. The van der Waals surface area contributed by atoms with Crippen LogP contribution in [0, 0.1) is 0 Å². The summed E-state index contributed by atoms with van der Waals surface area (Å²) < 4.78 is 0. The Morgan fingerprint density at radius 3 is 2.67 bits per heavy atom. The van der Waals surface area contributed by atoms with Crippen molar-refractivity contribution in [3.8, 4) is 0 Å². The van der Waals surface area contributed by atoms with Crippen LogP contribution < -0.4 is 5.43 Å². The maximum atomic E-state index is 11.1. The summed E-state index contributed by atoms with van der Waals surface area (Å²) in [7, 11) is 0. The van der Waals surface area contributed by atoms with E-state index in [1.165, 1.54) is 0 Å². The van der Waals surface area contributed by atoms with Gasteiger partial charge in [0.1, 0.15) is 0 Å². The highest BCUT2D eigenvalue weighted by Gasteiger charge is 2.19. The molecule has 0 saturated heterocycles. The van der Waals surface area contributed by atoms with Crippen LogP contribution in [-0.4, -0.2) is 17.4 Å². The third-order valence-electron chi connectivity index (χ3n) is 2.03. The van der Waals surface area contributed by atoms with Crippen molar-refractivity contribution >= 4 is 23.4 Å². The van der Waals surface area contributed by atoms with Crippen LogP contribution >= 0.6 is 11.8 Å². The number of benzene rings is 1. The maximum Gasteiger partial charge on any atom is 0.272 e. The minimum absolute atomic E-state index is 0.196. The molecule has 0 aliphatic carbocycles. The van der Waals surface area contributed by atoms with Gasteiger partial charge in [0.05, 0.1) is 11.3 Å². The van der Waals surface area contributed by atoms with Crippen LogP contribution in [0.1, 0.15) is 0 Å². The van der Waals surface area contributed by atoms with Crippen molar-refractivity contribution in [1.82, 2.24) is 5.43 Å². The molecule has 15 heavy (non-hydrogen) atoms. The standard InChI is InChI=1S/C11H10N2OS/c1-8-10(12-13-11(8)14)7-15-9-5-3-2-4-6-9/h2-6H,1,7H2,(H,13,14). The highest BCUT2D eigenvalue weighted by atomic mass is 32.2. The van der Waals surface area contributed by atoms with Gasteiger partial charge in [-0.2, -0.15) is 5.10 Å². The predicted octanol–water partition coefficient (Wildman–Crippen LogP) is 1.82. The Balaban J connectivity index is 1.95. The molecule has 4 heteroatoms. The summed E-state index contributed by atoms with van der Waals surface area (Å²) in [5.41, 5.74) is 3.59. The Hall–Kier alpha value is -1.55. The Bertz CT molecular complexity index is 425. The molecule has 1 aromatic carbocycles. The van der Waals surface area contributed by atoms with Crippen molar-refractivity contribution < 1.29 is 4.79 Å². The molecule has 1 heterocycles. The number of rotatable bonds is 3. The molecule has 0 radical (unpaired) electrons. The average Bonchev–Trinajstić information content (AvgIpc) is 2.59. The molecule has 2 rings (SSSR count). The molecule has 1 aliphatic heterocycles. The lowest BCUT2D eigenvalue weighted by molar-refractivity contribution is -0.116. The number of carbonyl (C=O) groups is 1. The molecule has 0 bridgehead atoms. The first-order chi connectivity index (χ1) is 7.27. The monoisotopic (exact) mass is 218 g/mol. The normalized spacial score (nSPS) is 15.1. The van der Waals surface area contributed by atoms with E-state index in [1.807, 2.05) is 30.3 Å². The Morgan fingerprint density at radius 2 is 2.07 bits per heavy atom. The molecule has 1 N–H and O–H groups in total. The van der Waals surface area contributed by atoms with E-state index in [9.17, 15) is 4.79 Å². The van der Waals surface area contributed by atoms with E-state index in [2.05, 4.69) is 17.1 Å². The molecular weight excluding hydrogens is 208 g/mol. The van der Waals surface area contributed by atoms with E-state index in [0.29, 0.717) is 11.3 Å². The first-order valence-electron chi connectivity index (χ1n) is 4.51. The number of hydrogen-bond acceptors (Lipinski definition) is 3. The number of amides is 1. The average molecular weight is 218 g/mol. The van der Waals surface area contributed by atoms with Crippen LogP contribution in [0.3, 0.4) is 0 Å². The van der Waals surface area contributed by atoms with Crippen LogP contribution in [0.4, 0.5) is 0 Å². The predicted molar refractivity (Wildman–Crippen MR) is 61.9 cm³/mol. The number of thioether (sulfide) groups is 1. The van der Waals surface area contributed by atoms with Crippen molar-refractivity contribution in [3.63, 3.8) is 0 Å². The van der Waals surface area contributed by atoms with Crippen molar-refractivity contribution in [2.45, 2.75) is 4.90 Å². The largest absolute Gasteiger partial charge is 0.272 e. The van der Waals surface area contributed by atoms with Crippen LogP contribution in [-0.2, 0) is 4.79 Å². The molecule has 0 fully saturated rings. The third-order valence-corrected chi connectivity index (χ3v) is 3.06. The van der Waals surface area contributed by atoms with Crippen molar-refractivity contribution in [2.24, 2.45) is 5.10 Å². The van der Waals surface area contributed by atoms with E-state index in [1.54, 1.807) is 11.8 Å². The van der Waals surface area contributed by atoms with Gasteiger partial charge in [-0.05, 0) is 12.1 Å². The summed E-state index contributed by atoms with van der Waals surface area (Å²) in [6.07, 6.45) is 0. The zero-order chi connectivity index (χ0) is 10.7. The van der Waals surface area contributed by atoms with Gasteiger partial charge in [0, 0.05) is 10.6 Å². The summed E-state index contributed by atoms with van der Waals surface area (Å²) in [6, 6.07) is 9.99. The van der Waals surface area contributed by atoms with Gasteiger partial charge in [-0.3, -0.25) is 4.79 Å². The van der Waals surface area contributed by atoms with E-state index < -0.39 is 0 Å². The number of hydrazone groups is 1. The SMILES string of the molecule is C=C1C(=O)NN=C1CSc1ccccc1. The summed E-state index contributed by atoms with van der Waals surface area (Å²) in [4.78, 5) is 12.2. The number of hydrogen-bond donors (Lipinski definition) is 1. The number of nitrogens with zero attached hydrogens (tertiary/aromatic N) is 1. The minimum Gasteiger partial charge on any atom is -0.267 e. The summed E-state index contributed by atoms with van der Waals surface area (Å²) in [6.45, 7) is 3.67. The lowest BCUT2D eigenvalue weighted by Gasteiger charge is -2.00. The maximum absolute atomic E-state index is 11.1. The van der Waals surface area contributed by atoms with Crippen LogP contribution in [0.2, 0.25) is 0 Å². The fraction of sp³-hybridized carbons (Fsp3) is 0.0909. The second-order valence-electron chi connectivity index (χ2n) is 3.08. The van der Waals surface area contributed by atoms with Crippen molar-refractivity contribution in [2.75, 3.05) is 5.75 Å². The second kappa shape index (κ2) is 4.31. The van der Waals surface area contributed by atoms with E-state index in [4.69, 9.17) is 0 Å². The molecule has 0 unspecified atom stereocenters. The first-order valence-corrected chi connectivity index (χ1v) is 5.50. The molecule has 76 valence electrons. The molecule has 0 saturated carbocycles. The zero-order valence-electron chi connectivity index (χ0n) is 8.06. The molecule has 3 nitrogen and oxygen atoms in total. The molecule has 1 aliphatic rings. The van der Waals surface area contributed by atoms with Gasteiger partial charge in [-0.15, -0.1) is 11.8 Å². The quantitative estimate of drug-likeness (QED) is 0.621. The van der Waals surface area contributed by atoms with Gasteiger partial charge in [-0.1, -0.05) is 24.8 Å². The van der Waals surface area contributed by atoms with Gasteiger partial charge >= 0.3 is 0 Å². The summed E-state index contributed by atoms with van der Waals surface area (Å²) in [5, 5.41) is 3.91. The lowest BCUT2D eigenvalue weighted by atomic mass is 10.2. The zero-order valence-corrected chi connectivity index (χ0v) is 8.88. The minimum atomic E-state index is -0.196. The molecule has 0 spiro atoms. The molecule has 0 atom stereocenters. The summed E-state index contributed by atoms with van der Waals surface area (Å²) >= 11 is 1.64. The third kappa shape index (κ3) is 2.27. The fourth-order valence-corrected chi connectivity index (χ4v) is 2.06. The van der Waals surface area contributed by atoms with Gasteiger partial charge in [0.15, 0.2) is 0 Å².